The number of carbonyl (C=O) groups is 1. The summed E-state index contributed by atoms with van der Waals surface area (Å²) in [6.45, 7) is 9.38. The first-order valence-electron chi connectivity index (χ1n) is 8.50. The number of aryl methyl sites for hydroxylation is 2. The molecule has 1 aromatic carbocycles. The van der Waals surface area contributed by atoms with Crippen LogP contribution in [-0.2, 0) is 11.9 Å². The van der Waals surface area contributed by atoms with E-state index >= 15 is 0 Å². The van der Waals surface area contributed by atoms with Gasteiger partial charge in [0.15, 0.2) is 0 Å². The van der Waals surface area contributed by atoms with Crippen LogP contribution in [0.1, 0.15) is 42.3 Å². The highest BCUT2D eigenvalue weighted by Crippen LogP contribution is 2.25. The molecule has 2 N–H and O–H groups in total. The molecule has 0 atom stereocenters. The van der Waals surface area contributed by atoms with Gasteiger partial charge in [0, 0.05) is 18.8 Å². The van der Waals surface area contributed by atoms with Crippen molar-refractivity contribution >= 4 is 17.3 Å². The predicted octanol–water partition coefficient (Wildman–Crippen LogP) is 3.59. The van der Waals surface area contributed by atoms with Crippen molar-refractivity contribution in [2.24, 2.45) is 7.05 Å². The summed E-state index contributed by atoms with van der Waals surface area (Å²) >= 11 is 0. The Bertz CT molecular complexity index is 832. The van der Waals surface area contributed by atoms with Crippen LogP contribution in [0.4, 0.5) is 15.8 Å². The third-order valence-electron chi connectivity index (χ3n) is 3.55. The molecule has 0 radical (unpaired) electrons. The molecule has 0 saturated heterocycles. The topological polar surface area (TPSA) is 72.4 Å². The minimum Gasteiger partial charge on any atom is -0.352 e. The molecule has 0 unspecified atom stereocenters. The second-order valence-electron chi connectivity index (χ2n) is 5.43. The number of pyridine rings is 1. The van der Waals surface area contributed by atoms with E-state index in [1.807, 2.05) is 13.8 Å². The molecule has 0 spiro atoms. The molecular weight excluding hydrogens is 337 g/mol. The third kappa shape index (κ3) is 4.92. The van der Waals surface area contributed by atoms with Crippen LogP contribution in [0.2, 0.25) is 0 Å². The molecule has 0 aliphatic heterocycles. The molecule has 1 aromatic heterocycles. The number of halogens is 1. The average molecular weight is 363 g/mol. The highest BCUT2D eigenvalue weighted by molar-refractivity contribution is 6.00. The van der Waals surface area contributed by atoms with Crippen LogP contribution in [0.3, 0.4) is 0 Å². The summed E-state index contributed by atoms with van der Waals surface area (Å²) in [4.78, 5) is 29.4. The quantitative estimate of drug-likeness (QED) is 0.797. The van der Waals surface area contributed by atoms with Crippen LogP contribution in [0.5, 0.6) is 0 Å². The van der Waals surface area contributed by atoms with Gasteiger partial charge in [-0.05, 0) is 38.5 Å². The van der Waals surface area contributed by atoms with Crippen LogP contribution in [0.25, 0.3) is 0 Å². The molecule has 0 aliphatic rings. The van der Waals surface area contributed by atoms with Crippen LogP contribution >= 0.6 is 0 Å². The Morgan fingerprint density at radius 3 is 2.50 bits per heavy atom. The molecule has 1 heterocycles. The van der Waals surface area contributed by atoms with Gasteiger partial charge in [0.1, 0.15) is 5.82 Å². The van der Waals surface area contributed by atoms with Crippen molar-refractivity contribution in [2.45, 2.75) is 34.6 Å². The fourth-order valence-corrected chi connectivity index (χ4v) is 2.27. The standard InChI is InChI=1S/C17H20FN3O3.C2H6/c1-5-24-20-16(22)12-9-21(4)17(23)11(3)15(12)19-14-7-6-10(2)8-13(14)18;1-2/h6-9,19H,5H2,1-4H3,(H,20,22);1-2H3. The number of nitrogens with zero attached hydrogens (tertiary/aromatic N) is 1. The first kappa shape index (κ1) is 21.4. The van der Waals surface area contributed by atoms with Gasteiger partial charge in [0.05, 0.1) is 23.5 Å². The van der Waals surface area contributed by atoms with Gasteiger partial charge in [-0.1, -0.05) is 19.9 Å². The molecule has 142 valence electrons. The molecule has 2 rings (SSSR count). The number of amides is 1. The van der Waals surface area contributed by atoms with Crippen molar-refractivity contribution in [1.29, 1.82) is 0 Å². The zero-order valence-corrected chi connectivity index (χ0v) is 16.1. The normalized spacial score (nSPS) is 9.96. The summed E-state index contributed by atoms with van der Waals surface area (Å²) in [6, 6.07) is 4.67. The summed E-state index contributed by atoms with van der Waals surface area (Å²) in [6.07, 6.45) is 1.39. The minimum atomic E-state index is -0.523. The van der Waals surface area contributed by atoms with Crippen LogP contribution in [0.15, 0.2) is 29.2 Å². The summed E-state index contributed by atoms with van der Waals surface area (Å²) in [5, 5.41) is 2.86. The number of anilines is 2. The number of rotatable bonds is 5. The Morgan fingerprint density at radius 1 is 1.27 bits per heavy atom. The number of benzene rings is 1. The molecule has 0 saturated carbocycles. The van der Waals surface area contributed by atoms with E-state index in [-0.39, 0.29) is 22.5 Å². The predicted molar refractivity (Wildman–Crippen MR) is 101 cm³/mol. The van der Waals surface area contributed by atoms with Gasteiger partial charge in [-0.3, -0.25) is 14.4 Å². The van der Waals surface area contributed by atoms with Crippen molar-refractivity contribution in [2.75, 3.05) is 11.9 Å². The number of hydrogen-bond donors (Lipinski definition) is 2. The maximum atomic E-state index is 14.1. The smallest absolute Gasteiger partial charge is 0.278 e. The van der Waals surface area contributed by atoms with Crippen molar-refractivity contribution < 1.29 is 14.0 Å². The molecule has 0 fully saturated rings. The Balaban J connectivity index is 0.00000163. The Labute approximate surface area is 152 Å². The van der Waals surface area contributed by atoms with Gasteiger partial charge < -0.3 is 9.88 Å². The molecule has 2 aromatic rings. The highest BCUT2D eigenvalue weighted by Gasteiger charge is 2.18. The van der Waals surface area contributed by atoms with Gasteiger partial charge in [0.25, 0.3) is 11.5 Å². The van der Waals surface area contributed by atoms with Gasteiger partial charge in [-0.25, -0.2) is 9.87 Å². The second kappa shape index (κ2) is 9.72. The van der Waals surface area contributed by atoms with E-state index < -0.39 is 11.7 Å². The lowest BCUT2D eigenvalue weighted by Gasteiger charge is -2.16. The largest absolute Gasteiger partial charge is 0.352 e. The SMILES string of the molecule is CC.CCONC(=O)c1cn(C)c(=O)c(C)c1Nc1ccc(C)cc1F. The number of nitrogens with one attached hydrogen (secondary N) is 2. The van der Waals surface area contributed by atoms with Crippen LogP contribution in [0, 0.1) is 19.7 Å². The monoisotopic (exact) mass is 363 g/mol. The maximum absolute atomic E-state index is 14.1. The van der Waals surface area contributed by atoms with Crippen molar-refractivity contribution in [3.8, 4) is 0 Å². The fourth-order valence-electron chi connectivity index (χ4n) is 2.27. The van der Waals surface area contributed by atoms with E-state index in [1.54, 1.807) is 40.0 Å². The van der Waals surface area contributed by atoms with Gasteiger partial charge >= 0.3 is 0 Å². The van der Waals surface area contributed by atoms with E-state index in [0.717, 1.165) is 5.56 Å². The van der Waals surface area contributed by atoms with Gasteiger partial charge in [-0.15, -0.1) is 0 Å². The molecule has 26 heavy (non-hydrogen) atoms. The summed E-state index contributed by atoms with van der Waals surface area (Å²) in [7, 11) is 1.54. The van der Waals surface area contributed by atoms with Gasteiger partial charge in [-0.2, -0.15) is 0 Å². The van der Waals surface area contributed by atoms with E-state index in [9.17, 15) is 14.0 Å². The molecule has 1 amide bonds. The lowest BCUT2D eigenvalue weighted by Crippen LogP contribution is -2.29. The highest BCUT2D eigenvalue weighted by atomic mass is 19.1. The van der Waals surface area contributed by atoms with Crippen molar-refractivity contribution in [3.05, 3.63) is 57.3 Å². The summed E-state index contributed by atoms with van der Waals surface area (Å²) < 4.78 is 15.4. The lowest BCUT2D eigenvalue weighted by molar-refractivity contribution is 0.0364. The number of aromatic nitrogens is 1. The Morgan fingerprint density at radius 2 is 1.92 bits per heavy atom. The summed E-state index contributed by atoms with van der Waals surface area (Å²) in [5.41, 5.74) is 3.70. The number of hydrogen-bond acceptors (Lipinski definition) is 4. The maximum Gasteiger partial charge on any atom is 0.278 e. The first-order chi connectivity index (χ1) is 12.3. The first-order valence-corrected chi connectivity index (χ1v) is 8.50. The third-order valence-corrected chi connectivity index (χ3v) is 3.55. The second-order valence-corrected chi connectivity index (χ2v) is 5.43. The van der Waals surface area contributed by atoms with E-state index in [1.165, 1.54) is 16.8 Å². The zero-order chi connectivity index (χ0) is 19.9. The van der Waals surface area contributed by atoms with Crippen molar-refractivity contribution in [1.82, 2.24) is 10.0 Å². The Kier molecular flexibility index (Phi) is 7.99. The van der Waals surface area contributed by atoms with E-state index in [0.29, 0.717) is 12.2 Å². The minimum absolute atomic E-state index is 0.183. The molecule has 7 heteroatoms. The molecule has 0 aliphatic carbocycles. The lowest BCUT2D eigenvalue weighted by atomic mass is 10.1. The number of carbonyl (C=O) groups excluding carboxylic acids is 1. The average Bonchev–Trinajstić information content (AvgIpc) is 2.63. The zero-order valence-electron chi connectivity index (χ0n) is 16.1. The molecular formula is C19H26FN3O3. The molecule has 0 bridgehead atoms. The van der Waals surface area contributed by atoms with Crippen LogP contribution < -0.4 is 16.4 Å². The van der Waals surface area contributed by atoms with Gasteiger partial charge in [0.2, 0.25) is 0 Å². The Hall–Kier alpha value is -2.67. The molecule has 6 nitrogen and oxygen atoms in total. The fraction of sp³-hybridized carbons (Fsp3) is 0.368. The van der Waals surface area contributed by atoms with E-state index in [4.69, 9.17) is 4.84 Å². The summed E-state index contributed by atoms with van der Waals surface area (Å²) in [5.74, 6) is -0.989. The number of hydroxylamine groups is 1. The van der Waals surface area contributed by atoms with E-state index in [2.05, 4.69) is 10.8 Å². The van der Waals surface area contributed by atoms with Crippen LogP contribution in [-0.4, -0.2) is 17.1 Å². The van der Waals surface area contributed by atoms with Crippen molar-refractivity contribution in [3.63, 3.8) is 0 Å².